The van der Waals surface area contributed by atoms with E-state index < -0.39 is 12.7 Å². The summed E-state index contributed by atoms with van der Waals surface area (Å²) in [5.41, 5.74) is 6.21. The van der Waals surface area contributed by atoms with Crippen LogP contribution in [-0.2, 0) is 16.1 Å². The first-order valence-corrected chi connectivity index (χ1v) is 5.99. The molecule has 120 valence electrons. The van der Waals surface area contributed by atoms with Gasteiger partial charge in [-0.3, -0.25) is 4.79 Å². The van der Waals surface area contributed by atoms with Gasteiger partial charge in [0.05, 0.1) is 0 Å². The number of hydrogen-bond donors (Lipinski definition) is 1. The molecular weight excluding hydrogens is 306 g/mol. The van der Waals surface area contributed by atoms with Crippen LogP contribution in [0.4, 0.5) is 8.78 Å². The first kappa shape index (κ1) is 19.6. The minimum Gasteiger partial charge on any atom is -0.435 e. The summed E-state index contributed by atoms with van der Waals surface area (Å²) >= 11 is 0. The topological polar surface area (TPSA) is 64.8 Å². The van der Waals surface area contributed by atoms with Gasteiger partial charge < -0.3 is 20.1 Å². The molecular formula is C13H19ClF2N2O3. The van der Waals surface area contributed by atoms with Crippen molar-refractivity contribution in [3.8, 4) is 5.75 Å². The molecule has 0 saturated carbocycles. The number of halogens is 3. The molecule has 0 fully saturated rings. The third-order valence-electron chi connectivity index (χ3n) is 2.72. The van der Waals surface area contributed by atoms with Crippen molar-refractivity contribution >= 4 is 18.3 Å². The van der Waals surface area contributed by atoms with E-state index in [0.29, 0.717) is 6.54 Å². The van der Waals surface area contributed by atoms with E-state index >= 15 is 0 Å². The number of hydrogen-bond acceptors (Lipinski definition) is 4. The Hall–Kier alpha value is -1.44. The number of nitrogens with zero attached hydrogens (tertiary/aromatic N) is 1. The largest absolute Gasteiger partial charge is 0.435 e. The first-order valence-electron chi connectivity index (χ1n) is 5.99. The van der Waals surface area contributed by atoms with Crippen LogP contribution in [0.1, 0.15) is 5.56 Å². The molecule has 1 aromatic rings. The Morgan fingerprint density at radius 1 is 1.33 bits per heavy atom. The van der Waals surface area contributed by atoms with Crippen LogP contribution in [0.25, 0.3) is 0 Å². The second-order valence-corrected chi connectivity index (χ2v) is 4.18. The van der Waals surface area contributed by atoms with Gasteiger partial charge >= 0.3 is 6.61 Å². The Bertz CT molecular complexity index is 428. The monoisotopic (exact) mass is 324 g/mol. The second-order valence-electron chi connectivity index (χ2n) is 4.18. The molecule has 5 nitrogen and oxygen atoms in total. The van der Waals surface area contributed by atoms with E-state index in [0.717, 1.165) is 5.56 Å². The smallest absolute Gasteiger partial charge is 0.387 e. The van der Waals surface area contributed by atoms with Crippen molar-refractivity contribution in [2.24, 2.45) is 5.73 Å². The van der Waals surface area contributed by atoms with Gasteiger partial charge in [-0.25, -0.2) is 0 Å². The molecule has 8 heteroatoms. The maximum atomic E-state index is 12.0. The molecule has 1 unspecified atom stereocenters. The van der Waals surface area contributed by atoms with Crippen LogP contribution in [0.15, 0.2) is 24.3 Å². The van der Waals surface area contributed by atoms with Gasteiger partial charge in [-0.1, -0.05) is 12.1 Å². The molecule has 21 heavy (non-hydrogen) atoms. The lowest BCUT2D eigenvalue weighted by Crippen LogP contribution is -2.41. The third-order valence-corrected chi connectivity index (χ3v) is 2.72. The van der Waals surface area contributed by atoms with Gasteiger partial charge in [-0.2, -0.15) is 8.78 Å². The van der Waals surface area contributed by atoms with Crippen LogP contribution in [0.5, 0.6) is 5.75 Å². The molecule has 1 rings (SSSR count). The summed E-state index contributed by atoms with van der Waals surface area (Å²) in [6.45, 7) is -2.42. The molecule has 0 aliphatic rings. The number of amides is 1. The highest BCUT2D eigenvalue weighted by Crippen LogP contribution is 2.16. The standard InChI is InChI=1S/C13H18F2N2O3.ClH/c1-17(12(18)11(7-16)19-2)8-9-3-5-10(6-4-9)20-13(14)15;/h3-6,11,13H,7-8,16H2,1-2H3;1H. The molecule has 2 N–H and O–H groups in total. The number of ether oxygens (including phenoxy) is 2. The molecule has 1 amide bonds. The lowest BCUT2D eigenvalue weighted by atomic mass is 10.2. The van der Waals surface area contributed by atoms with E-state index in [1.54, 1.807) is 19.2 Å². The van der Waals surface area contributed by atoms with E-state index in [-0.39, 0.29) is 30.6 Å². The van der Waals surface area contributed by atoms with Gasteiger partial charge in [-0.15, -0.1) is 12.4 Å². The molecule has 0 saturated heterocycles. The predicted octanol–water partition coefficient (Wildman–Crippen LogP) is 1.64. The van der Waals surface area contributed by atoms with Crippen molar-refractivity contribution in [1.29, 1.82) is 0 Å². The molecule has 0 spiro atoms. The van der Waals surface area contributed by atoms with Gasteiger partial charge in [0.15, 0.2) is 0 Å². The Balaban J connectivity index is 0.00000400. The van der Waals surface area contributed by atoms with Crippen LogP contribution < -0.4 is 10.5 Å². The fourth-order valence-electron chi connectivity index (χ4n) is 1.67. The van der Waals surface area contributed by atoms with E-state index in [1.807, 2.05) is 0 Å². The average Bonchev–Trinajstić information content (AvgIpc) is 2.41. The van der Waals surface area contributed by atoms with Crippen molar-refractivity contribution in [1.82, 2.24) is 4.90 Å². The fourth-order valence-corrected chi connectivity index (χ4v) is 1.67. The Labute approximate surface area is 128 Å². The molecule has 0 aromatic heterocycles. The van der Waals surface area contributed by atoms with Crippen molar-refractivity contribution in [2.75, 3.05) is 20.7 Å². The summed E-state index contributed by atoms with van der Waals surface area (Å²) in [5.74, 6) is -0.155. The quantitative estimate of drug-likeness (QED) is 0.828. The zero-order chi connectivity index (χ0) is 15.1. The van der Waals surface area contributed by atoms with Crippen LogP contribution in [0.3, 0.4) is 0 Å². The number of nitrogens with two attached hydrogens (primary N) is 1. The molecule has 0 aliphatic heterocycles. The van der Waals surface area contributed by atoms with Crippen LogP contribution >= 0.6 is 12.4 Å². The lowest BCUT2D eigenvalue weighted by Gasteiger charge is -2.22. The third kappa shape index (κ3) is 6.24. The average molecular weight is 325 g/mol. The molecule has 0 bridgehead atoms. The Kier molecular flexibility index (Phi) is 8.84. The Morgan fingerprint density at radius 2 is 1.90 bits per heavy atom. The molecule has 0 radical (unpaired) electrons. The molecule has 0 heterocycles. The summed E-state index contributed by atoms with van der Waals surface area (Å²) in [7, 11) is 3.04. The summed E-state index contributed by atoms with van der Waals surface area (Å²) in [4.78, 5) is 13.4. The molecule has 0 aliphatic carbocycles. The van der Waals surface area contributed by atoms with Crippen molar-refractivity contribution < 1.29 is 23.0 Å². The predicted molar refractivity (Wildman–Crippen MR) is 76.6 cm³/mol. The summed E-state index contributed by atoms with van der Waals surface area (Å²) in [5, 5.41) is 0. The van der Waals surface area contributed by atoms with E-state index in [1.165, 1.54) is 24.1 Å². The number of carbonyl (C=O) groups is 1. The Morgan fingerprint density at radius 3 is 2.33 bits per heavy atom. The minimum absolute atomic E-state index is 0. The molecule has 1 atom stereocenters. The van der Waals surface area contributed by atoms with Crippen molar-refractivity contribution in [2.45, 2.75) is 19.3 Å². The van der Waals surface area contributed by atoms with Crippen molar-refractivity contribution in [3.05, 3.63) is 29.8 Å². The van der Waals surface area contributed by atoms with Gasteiger partial charge in [-0.05, 0) is 17.7 Å². The number of rotatable bonds is 7. The van der Waals surface area contributed by atoms with E-state index in [9.17, 15) is 13.6 Å². The second kappa shape index (κ2) is 9.49. The normalized spacial score (nSPS) is 11.7. The highest BCUT2D eigenvalue weighted by molar-refractivity contribution is 5.85. The van der Waals surface area contributed by atoms with E-state index in [2.05, 4.69) is 4.74 Å². The van der Waals surface area contributed by atoms with Gasteiger partial charge in [0.1, 0.15) is 11.9 Å². The van der Waals surface area contributed by atoms with Crippen LogP contribution in [0, 0.1) is 0 Å². The van der Waals surface area contributed by atoms with E-state index in [4.69, 9.17) is 10.5 Å². The first-order chi connectivity index (χ1) is 9.47. The highest BCUT2D eigenvalue weighted by atomic mass is 35.5. The summed E-state index contributed by atoms with van der Waals surface area (Å²) in [6, 6.07) is 6.09. The summed E-state index contributed by atoms with van der Waals surface area (Å²) < 4.78 is 33.2. The lowest BCUT2D eigenvalue weighted by molar-refractivity contribution is -0.140. The number of benzene rings is 1. The van der Waals surface area contributed by atoms with Crippen LogP contribution in [0.2, 0.25) is 0 Å². The zero-order valence-electron chi connectivity index (χ0n) is 11.8. The molecule has 1 aromatic carbocycles. The van der Waals surface area contributed by atoms with Gasteiger partial charge in [0.25, 0.3) is 5.91 Å². The fraction of sp³-hybridized carbons (Fsp3) is 0.462. The highest BCUT2D eigenvalue weighted by Gasteiger charge is 2.20. The van der Waals surface area contributed by atoms with Gasteiger partial charge in [0, 0.05) is 27.2 Å². The number of methoxy groups -OCH3 is 1. The number of likely N-dealkylation sites (N-methyl/N-ethyl adjacent to an activating group) is 1. The van der Waals surface area contributed by atoms with Gasteiger partial charge in [0.2, 0.25) is 0 Å². The SMILES string of the molecule is COC(CN)C(=O)N(C)Cc1ccc(OC(F)F)cc1.Cl. The minimum atomic E-state index is -2.85. The zero-order valence-corrected chi connectivity index (χ0v) is 12.6. The summed E-state index contributed by atoms with van der Waals surface area (Å²) in [6.07, 6.45) is -0.679. The number of carbonyl (C=O) groups excluding carboxylic acids is 1. The maximum Gasteiger partial charge on any atom is 0.387 e. The number of alkyl halides is 2. The maximum absolute atomic E-state index is 12.0. The van der Waals surface area contributed by atoms with Crippen molar-refractivity contribution in [3.63, 3.8) is 0 Å². The van der Waals surface area contributed by atoms with Crippen LogP contribution in [-0.4, -0.2) is 44.2 Å².